The van der Waals surface area contributed by atoms with Crippen LogP contribution >= 0.6 is 0 Å². The Morgan fingerprint density at radius 3 is 2.40 bits per heavy atom. The standard InChI is InChI=1S/C13H21NO/c1-12(2)11(13(12,3)4)8-14-7-10-5-6-15-9-10/h5-6,9,11,14H,7-8H2,1-4H3. The molecule has 0 amide bonds. The van der Waals surface area contributed by atoms with E-state index < -0.39 is 0 Å². The first-order valence-electron chi connectivity index (χ1n) is 5.68. The van der Waals surface area contributed by atoms with E-state index >= 15 is 0 Å². The highest BCUT2D eigenvalue weighted by Crippen LogP contribution is 2.67. The minimum atomic E-state index is 0.483. The van der Waals surface area contributed by atoms with Crippen LogP contribution < -0.4 is 5.32 Å². The lowest BCUT2D eigenvalue weighted by Crippen LogP contribution is -2.18. The molecule has 0 unspecified atom stereocenters. The maximum Gasteiger partial charge on any atom is 0.0947 e. The van der Waals surface area contributed by atoms with Crippen LogP contribution in [-0.2, 0) is 6.54 Å². The van der Waals surface area contributed by atoms with E-state index in [2.05, 4.69) is 33.0 Å². The first-order valence-corrected chi connectivity index (χ1v) is 5.68. The van der Waals surface area contributed by atoms with E-state index in [9.17, 15) is 0 Å². The second kappa shape index (κ2) is 3.38. The van der Waals surface area contributed by atoms with E-state index in [1.807, 2.05) is 6.07 Å². The first-order chi connectivity index (χ1) is 6.96. The van der Waals surface area contributed by atoms with Crippen molar-refractivity contribution in [3.05, 3.63) is 24.2 Å². The Morgan fingerprint density at radius 1 is 1.27 bits per heavy atom. The fourth-order valence-corrected chi connectivity index (χ4v) is 2.60. The smallest absolute Gasteiger partial charge is 0.0947 e. The van der Waals surface area contributed by atoms with Crippen LogP contribution in [0.15, 0.2) is 23.0 Å². The van der Waals surface area contributed by atoms with Crippen LogP contribution in [0.1, 0.15) is 33.3 Å². The van der Waals surface area contributed by atoms with Crippen molar-refractivity contribution in [2.75, 3.05) is 6.54 Å². The molecule has 1 aliphatic rings. The third kappa shape index (κ3) is 1.71. The molecule has 0 spiro atoms. The molecule has 1 fully saturated rings. The Kier molecular flexibility index (Phi) is 2.42. The number of hydrogen-bond donors (Lipinski definition) is 1. The molecular formula is C13H21NO. The Morgan fingerprint density at radius 2 is 1.93 bits per heavy atom. The molecule has 1 aliphatic carbocycles. The molecule has 0 aromatic carbocycles. The molecule has 1 aromatic rings. The van der Waals surface area contributed by atoms with Crippen molar-refractivity contribution in [3.8, 4) is 0 Å². The maximum atomic E-state index is 5.03. The molecule has 1 heterocycles. The van der Waals surface area contributed by atoms with Gasteiger partial charge < -0.3 is 9.73 Å². The fourth-order valence-electron chi connectivity index (χ4n) is 2.60. The zero-order valence-electron chi connectivity index (χ0n) is 10.1. The molecular weight excluding hydrogens is 186 g/mol. The average Bonchev–Trinajstić information content (AvgIpc) is 2.62. The molecule has 2 rings (SSSR count). The van der Waals surface area contributed by atoms with Gasteiger partial charge in [-0.25, -0.2) is 0 Å². The third-order valence-electron chi connectivity index (χ3n) is 4.58. The van der Waals surface area contributed by atoms with Crippen LogP contribution in [0.5, 0.6) is 0 Å². The Labute approximate surface area is 92.1 Å². The highest BCUT2D eigenvalue weighted by atomic mass is 16.3. The molecule has 1 N–H and O–H groups in total. The fraction of sp³-hybridized carbons (Fsp3) is 0.692. The zero-order chi connectivity index (χ0) is 11.1. The van der Waals surface area contributed by atoms with Crippen molar-refractivity contribution < 1.29 is 4.42 Å². The number of furan rings is 1. The van der Waals surface area contributed by atoms with E-state index in [0.717, 1.165) is 19.0 Å². The minimum absolute atomic E-state index is 0.483. The molecule has 2 nitrogen and oxygen atoms in total. The Balaban J connectivity index is 1.77. The van der Waals surface area contributed by atoms with E-state index in [1.165, 1.54) is 5.56 Å². The summed E-state index contributed by atoms with van der Waals surface area (Å²) in [4.78, 5) is 0. The zero-order valence-corrected chi connectivity index (χ0v) is 10.1. The molecule has 84 valence electrons. The van der Waals surface area contributed by atoms with Crippen molar-refractivity contribution in [3.63, 3.8) is 0 Å². The second-order valence-electron chi connectivity index (χ2n) is 5.76. The van der Waals surface area contributed by atoms with Gasteiger partial charge in [0.05, 0.1) is 12.5 Å². The summed E-state index contributed by atoms with van der Waals surface area (Å²) in [5.74, 6) is 0.789. The van der Waals surface area contributed by atoms with Gasteiger partial charge in [-0.3, -0.25) is 0 Å². The van der Waals surface area contributed by atoms with Crippen molar-refractivity contribution in [2.24, 2.45) is 16.7 Å². The molecule has 0 bridgehead atoms. The van der Waals surface area contributed by atoms with Gasteiger partial charge in [-0.2, -0.15) is 0 Å². The monoisotopic (exact) mass is 207 g/mol. The molecule has 0 atom stereocenters. The van der Waals surface area contributed by atoms with E-state index in [0.29, 0.717) is 10.8 Å². The summed E-state index contributed by atoms with van der Waals surface area (Å²) in [6.07, 6.45) is 3.53. The van der Waals surface area contributed by atoms with Crippen molar-refractivity contribution in [2.45, 2.75) is 34.2 Å². The van der Waals surface area contributed by atoms with Gasteiger partial charge in [0.1, 0.15) is 0 Å². The largest absolute Gasteiger partial charge is 0.472 e. The average molecular weight is 207 g/mol. The predicted octanol–water partition coefficient (Wildman–Crippen LogP) is 3.05. The number of rotatable bonds is 4. The van der Waals surface area contributed by atoms with Crippen molar-refractivity contribution in [1.82, 2.24) is 5.32 Å². The number of nitrogens with one attached hydrogen (secondary N) is 1. The number of hydrogen-bond acceptors (Lipinski definition) is 2. The van der Waals surface area contributed by atoms with E-state index in [1.54, 1.807) is 12.5 Å². The van der Waals surface area contributed by atoms with E-state index in [-0.39, 0.29) is 0 Å². The van der Waals surface area contributed by atoms with Gasteiger partial charge >= 0.3 is 0 Å². The van der Waals surface area contributed by atoms with Crippen LogP contribution in [-0.4, -0.2) is 6.54 Å². The van der Waals surface area contributed by atoms with Gasteiger partial charge in [-0.15, -0.1) is 0 Å². The summed E-state index contributed by atoms with van der Waals surface area (Å²) >= 11 is 0. The van der Waals surface area contributed by atoms with Gasteiger partial charge in [0.15, 0.2) is 0 Å². The maximum absolute atomic E-state index is 5.03. The van der Waals surface area contributed by atoms with Gasteiger partial charge in [0.25, 0.3) is 0 Å². The summed E-state index contributed by atoms with van der Waals surface area (Å²) in [5.41, 5.74) is 2.19. The Bertz CT molecular complexity index is 310. The quantitative estimate of drug-likeness (QED) is 0.821. The normalized spacial score (nSPS) is 22.9. The summed E-state index contributed by atoms with van der Waals surface area (Å²) in [6.45, 7) is 11.5. The molecule has 0 aliphatic heterocycles. The third-order valence-corrected chi connectivity index (χ3v) is 4.58. The van der Waals surface area contributed by atoms with Crippen LogP contribution in [0, 0.1) is 16.7 Å². The predicted molar refractivity (Wildman–Crippen MR) is 61.5 cm³/mol. The van der Waals surface area contributed by atoms with E-state index in [4.69, 9.17) is 4.42 Å². The minimum Gasteiger partial charge on any atom is -0.472 e. The summed E-state index contributed by atoms with van der Waals surface area (Å²) in [5, 5.41) is 3.50. The van der Waals surface area contributed by atoms with Gasteiger partial charge in [0, 0.05) is 12.1 Å². The highest BCUT2D eigenvalue weighted by Gasteiger charge is 2.63. The summed E-state index contributed by atoms with van der Waals surface area (Å²) < 4.78 is 5.03. The lowest BCUT2D eigenvalue weighted by atomic mass is 10.0. The van der Waals surface area contributed by atoms with Crippen molar-refractivity contribution in [1.29, 1.82) is 0 Å². The second-order valence-corrected chi connectivity index (χ2v) is 5.76. The topological polar surface area (TPSA) is 25.2 Å². The van der Waals surface area contributed by atoms with Crippen LogP contribution in [0.25, 0.3) is 0 Å². The molecule has 1 saturated carbocycles. The van der Waals surface area contributed by atoms with Crippen LogP contribution in [0.3, 0.4) is 0 Å². The summed E-state index contributed by atoms with van der Waals surface area (Å²) in [6, 6.07) is 2.01. The Hall–Kier alpha value is -0.760. The lowest BCUT2D eigenvalue weighted by molar-refractivity contribution is 0.457. The molecule has 0 radical (unpaired) electrons. The summed E-state index contributed by atoms with van der Waals surface area (Å²) in [7, 11) is 0. The van der Waals surface area contributed by atoms with Gasteiger partial charge in [-0.05, 0) is 29.4 Å². The SMILES string of the molecule is CC1(C)C(CNCc2ccoc2)C1(C)C. The molecule has 1 aromatic heterocycles. The molecule has 15 heavy (non-hydrogen) atoms. The van der Waals surface area contributed by atoms with Crippen molar-refractivity contribution >= 4 is 0 Å². The van der Waals surface area contributed by atoms with Crippen LogP contribution in [0.2, 0.25) is 0 Å². The first kappa shape index (κ1) is 10.7. The highest BCUT2D eigenvalue weighted by molar-refractivity contribution is 5.13. The van der Waals surface area contributed by atoms with Gasteiger partial charge in [0.2, 0.25) is 0 Å². The molecule has 0 saturated heterocycles. The molecule has 2 heteroatoms. The van der Waals surface area contributed by atoms with Crippen LogP contribution in [0.4, 0.5) is 0 Å². The lowest BCUT2D eigenvalue weighted by Gasteiger charge is -2.04. The van der Waals surface area contributed by atoms with Gasteiger partial charge in [-0.1, -0.05) is 27.7 Å².